The molecule has 0 fully saturated rings. The van der Waals surface area contributed by atoms with Crippen molar-refractivity contribution in [1.29, 1.82) is 5.26 Å². The van der Waals surface area contributed by atoms with E-state index in [1.807, 2.05) is 33.8 Å². The molecule has 0 aliphatic rings. The lowest BCUT2D eigenvalue weighted by Crippen LogP contribution is -2.47. The summed E-state index contributed by atoms with van der Waals surface area (Å²) in [5.74, 6) is -0.459. The van der Waals surface area contributed by atoms with Gasteiger partial charge >= 0.3 is 6.09 Å². The molecule has 1 heterocycles. The molecule has 2 aromatic rings. The number of benzene rings is 1. The Hall–Kier alpha value is -3.34. The van der Waals surface area contributed by atoms with E-state index in [0.717, 1.165) is 5.39 Å². The molecule has 1 aromatic carbocycles. The second kappa shape index (κ2) is 10.4. The van der Waals surface area contributed by atoms with E-state index in [1.165, 1.54) is 4.57 Å². The molecule has 0 aliphatic heterocycles. The molecule has 160 valence electrons. The van der Waals surface area contributed by atoms with Crippen molar-refractivity contribution < 1.29 is 19.1 Å². The Kier molecular flexibility index (Phi) is 7.98. The molecule has 30 heavy (non-hydrogen) atoms. The number of nitrogens with zero attached hydrogens (tertiary/aromatic N) is 2. The molecule has 0 bridgehead atoms. The van der Waals surface area contributed by atoms with Crippen LogP contribution in [-0.2, 0) is 9.53 Å². The zero-order chi connectivity index (χ0) is 22.3. The van der Waals surface area contributed by atoms with Crippen LogP contribution in [0.3, 0.4) is 0 Å². The van der Waals surface area contributed by atoms with Crippen LogP contribution >= 0.6 is 0 Å². The van der Waals surface area contributed by atoms with E-state index in [1.54, 1.807) is 30.5 Å². The van der Waals surface area contributed by atoms with Crippen LogP contribution in [0.5, 0.6) is 0 Å². The molecule has 0 aliphatic carbocycles. The zero-order valence-electron chi connectivity index (χ0n) is 17.8. The van der Waals surface area contributed by atoms with Gasteiger partial charge in [-0.25, -0.2) is 4.79 Å². The lowest BCUT2D eigenvalue weighted by atomic mass is 10.0. The van der Waals surface area contributed by atoms with Crippen molar-refractivity contribution in [2.45, 2.75) is 40.2 Å². The van der Waals surface area contributed by atoms with Gasteiger partial charge in [0.25, 0.3) is 5.91 Å². The summed E-state index contributed by atoms with van der Waals surface area (Å²) in [4.78, 5) is 37.5. The quantitative estimate of drug-likeness (QED) is 0.647. The summed E-state index contributed by atoms with van der Waals surface area (Å²) in [7, 11) is 0. The van der Waals surface area contributed by atoms with Gasteiger partial charge in [-0.3, -0.25) is 14.2 Å². The van der Waals surface area contributed by atoms with E-state index < -0.39 is 23.9 Å². The molecule has 1 unspecified atom stereocenters. The maximum atomic E-state index is 12.8. The molecule has 1 atom stereocenters. The molecular weight excluding hydrogens is 384 g/mol. The van der Waals surface area contributed by atoms with Gasteiger partial charge < -0.3 is 15.4 Å². The average Bonchev–Trinajstić information content (AvgIpc) is 3.12. The second-order valence-electron chi connectivity index (χ2n) is 7.96. The number of carbonyl (C=O) groups is 3. The number of nitriles is 1. The maximum absolute atomic E-state index is 12.8. The minimum absolute atomic E-state index is 0.124. The van der Waals surface area contributed by atoms with E-state index in [-0.39, 0.29) is 18.4 Å². The van der Waals surface area contributed by atoms with E-state index in [2.05, 4.69) is 10.6 Å². The Labute approximate surface area is 176 Å². The van der Waals surface area contributed by atoms with Gasteiger partial charge in [0.1, 0.15) is 12.6 Å². The highest BCUT2D eigenvalue weighted by atomic mass is 16.5. The van der Waals surface area contributed by atoms with Gasteiger partial charge in [0.2, 0.25) is 5.91 Å². The molecular formula is C22H28N4O4. The maximum Gasteiger partial charge on any atom is 0.418 e. The summed E-state index contributed by atoms with van der Waals surface area (Å²) in [5.41, 5.74) is 0.867. The predicted octanol–water partition coefficient (Wildman–Crippen LogP) is 3.07. The number of hydrogen-bond donors (Lipinski definition) is 2. The summed E-state index contributed by atoms with van der Waals surface area (Å²) in [6.07, 6.45) is 1.53. The summed E-state index contributed by atoms with van der Waals surface area (Å²) in [5, 5.41) is 14.7. The third-order valence-electron chi connectivity index (χ3n) is 4.36. The normalized spacial score (nSPS) is 11.9. The van der Waals surface area contributed by atoms with E-state index in [0.29, 0.717) is 24.1 Å². The molecule has 0 radical (unpaired) electrons. The van der Waals surface area contributed by atoms with Gasteiger partial charge in [-0.15, -0.1) is 0 Å². The first-order chi connectivity index (χ1) is 14.2. The van der Waals surface area contributed by atoms with Crippen molar-refractivity contribution in [3.8, 4) is 6.07 Å². The van der Waals surface area contributed by atoms with Crippen LogP contribution in [0.1, 0.15) is 44.5 Å². The van der Waals surface area contributed by atoms with E-state index >= 15 is 0 Å². The molecule has 8 nitrogen and oxygen atoms in total. The van der Waals surface area contributed by atoms with Crippen LogP contribution < -0.4 is 10.6 Å². The number of rotatable bonds is 8. The average molecular weight is 412 g/mol. The van der Waals surface area contributed by atoms with Crippen molar-refractivity contribution in [3.63, 3.8) is 0 Å². The van der Waals surface area contributed by atoms with Crippen LogP contribution in [0.4, 0.5) is 4.79 Å². The first-order valence-corrected chi connectivity index (χ1v) is 9.96. The molecule has 0 saturated heterocycles. The molecule has 1 aromatic heterocycles. The number of amides is 2. The van der Waals surface area contributed by atoms with Gasteiger partial charge in [0.05, 0.1) is 18.2 Å². The summed E-state index contributed by atoms with van der Waals surface area (Å²) >= 11 is 0. The number of aromatic nitrogens is 1. The Morgan fingerprint density at radius 1 is 1.13 bits per heavy atom. The summed E-state index contributed by atoms with van der Waals surface area (Å²) in [6.45, 7) is 7.96. The van der Waals surface area contributed by atoms with Crippen LogP contribution in [0.25, 0.3) is 10.9 Å². The van der Waals surface area contributed by atoms with Crippen molar-refractivity contribution in [2.75, 3.05) is 13.2 Å². The summed E-state index contributed by atoms with van der Waals surface area (Å²) < 4.78 is 6.64. The van der Waals surface area contributed by atoms with Gasteiger partial charge in [-0.1, -0.05) is 33.8 Å². The van der Waals surface area contributed by atoms with Gasteiger partial charge in [-0.05, 0) is 36.5 Å². The molecule has 0 saturated carbocycles. The smallest absolute Gasteiger partial charge is 0.418 e. The van der Waals surface area contributed by atoms with E-state index in [4.69, 9.17) is 10.00 Å². The fraction of sp³-hybridized carbons (Fsp3) is 0.455. The minimum Gasteiger partial charge on any atom is -0.449 e. The topological polar surface area (TPSA) is 113 Å². The number of hydrogen-bond acceptors (Lipinski definition) is 5. The third-order valence-corrected chi connectivity index (χ3v) is 4.36. The lowest BCUT2D eigenvalue weighted by molar-refractivity contribution is -0.123. The molecule has 8 heteroatoms. The van der Waals surface area contributed by atoms with Crippen LogP contribution in [-0.4, -0.2) is 41.7 Å². The molecule has 2 rings (SSSR count). The van der Waals surface area contributed by atoms with Crippen LogP contribution in [0.2, 0.25) is 0 Å². The Morgan fingerprint density at radius 3 is 2.50 bits per heavy atom. The number of nitrogens with one attached hydrogen (secondary N) is 2. The van der Waals surface area contributed by atoms with Crippen LogP contribution in [0, 0.1) is 23.2 Å². The second-order valence-corrected chi connectivity index (χ2v) is 7.96. The van der Waals surface area contributed by atoms with E-state index in [9.17, 15) is 14.4 Å². The van der Waals surface area contributed by atoms with Crippen molar-refractivity contribution >= 4 is 28.8 Å². The molecule has 0 spiro atoms. The number of carbonyl (C=O) groups excluding carboxylic acids is 3. The largest absolute Gasteiger partial charge is 0.449 e. The molecule has 2 amide bonds. The third kappa shape index (κ3) is 6.08. The highest BCUT2D eigenvalue weighted by molar-refractivity contribution is 6.01. The van der Waals surface area contributed by atoms with Crippen LogP contribution in [0.15, 0.2) is 30.5 Å². The Bertz CT molecular complexity index is 956. The summed E-state index contributed by atoms with van der Waals surface area (Å²) in [6, 6.07) is 7.84. The molecule has 2 N–H and O–H groups in total. The highest BCUT2D eigenvalue weighted by Crippen LogP contribution is 2.19. The van der Waals surface area contributed by atoms with Crippen molar-refractivity contribution in [3.05, 3.63) is 36.0 Å². The predicted molar refractivity (Wildman–Crippen MR) is 113 cm³/mol. The Balaban J connectivity index is 2.22. The monoisotopic (exact) mass is 412 g/mol. The van der Waals surface area contributed by atoms with Gasteiger partial charge in [-0.2, -0.15) is 5.26 Å². The number of fused-ring (bicyclic) bond motifs is 1. The van der Waals surface area contributed by atoms with Crippen molar-refractivity contribution in [2.24, 2.45) is 11.8 Å². The first-order valence-electron chi connectivity index (χ1n) is 9.96. The first kappa shape index (κ1) is 22.9. The van der Waals surface area contributed by atoms with Crippen molar-refractivity contribution in [1.82, 2.24) is 15.2 Å². The highest BCUT2D eigenvalue weighted by Gasteiger charge is 2.23. The minimum atomic E-state index is -0.760. The zero-order valence-corrected chi connectivity index (χ0v) is 17.8. The van der Waals surface area contributed by atoms with Gasteiger partial charge in [0, 0.05) is 17.1 Å². The fourth-order valence-electron chi connectivity index (χ4n) is 2.93. The SMILES string of the molecule is CC(C)COC(=O)n1ccc2ccc(C(=O)NC(CC(C)C)C(=O)NCC#N)cc21. The lowest BCUT2D eigenvalue weighted by Gasteiger charge is -2.19. The fourth-order valence-corrected chi connectivity index (χ4v) is 2.93. The standard InChI is InChI=1S/C22H28N4O4/c1-14(2)11-18(21(28)24-9-8-23)25-20(27)17-6-5-16-7-10-26(19(16)12-17)22(29)30-13-15(3)4/h5-7,10,12,14-15,18H,9,11,13H2,1-4H3,(H,24,28)(H,25,27). The van der Waals surface area contributed by atoms with Gasteiger partial charge in [0.15, 0.2) is 0 Å². The number of ether oxygens (including phenoxy) is 1. The Morgan fingerprint density at radius 2 is 1.87 bits per heavy atom.